The molecule has 0 radical (unpaired) electrons. The van der Waals surface area contributed by atoms with Gasteiger partial charge in [-0.15, -0.1) is 0 Å². The summed E-state index contributed by atoms with van der Waals surface area (Å²) in [6, 6.07) is 11.3. The van der Waals surface area contributed by atoms with Crippen LogP contribution in [0.5, 0.6) is 5.75 Å². The zero-order valence-corrected chi connectivity index (χ0v) is 18.5. The van der Waals surface area contributed by atoms with E-state index in [9.17, 15) is 13.5 Å². The Labute approximate surface area is 175 Å². The number of sulfonamides is 1. The summed E-state index contributed by atoms with van der Waals surface area (Å²) in [5, 5.41) is 13.5. The fourth-order valence-corrected chi connectivity index (χ4v) is 5.10. The number of rotatable bonds is 7. The van der Waals surface area contributed by atoms with Crippen molar-refractivity contribution >= 4 is 32.2 Å². The molecule has 0 spiro atoms. The number of thiazole rings is 1. The van der Waals surface area contributed by atoms with Crippen LogP contribution in [0.3, 0.4) is 0 Å². The molecular formula is C21H25N3O3S2. The number of anilines is 2. The molecule has 29 heavy (non-hydrogen) atoms. The van der Waals surface area contributed by atoms with E-state index in [1.165, 1.54) is 35.6 Å². The first-order valence-electron chi connectivity index (χ1n) is 9.30. The molecule has 0 aliphatic heterocycles. The van der Waals surface area contributed by atoms with E-state index in [0.29, 0.717) is 17.2 Å². The molecule has 8 heteroatoms. The second-order valence-corrected chi connectivity index (χ2v) is 9.99. The van der Waals surface area contributed by atoms with Crippen molar-refractivity contribution < 1.29 is 13.5 Å². The number of phenols is 1. The van der Waals surface area contributed by atoms with Crippen LogP contribution in [-0.4, -0.2) is 25.1 Å². The lowest BCUT2D eigenvalue weighted by atomic mass is 10.1. The van der Waals surface area contributed by atoms with Gasteiger partial charge in [-0.05, 0) is 61.2 Å². The molecule has 3 rings (SSSR count). The lowest BCUT2D eigenvalue weighted by Crippen LogP contribution is -2.14. The fourth-order valence-electron chi connectivity index (χ4n) is 2.80. The first-order valence-corrected chi connectivity index (χ1v) is 11.6. The Morgan fingerprint density at radius 3 is 2.45 bits per heavy atom. The number of aromatic nitrogens is 1. The molecule has 0 atom stereocenters. The molecule has 0 saturated heterocycles. The normalized spacial score (nSPS) is 11.6. The van der Waals surface area contributed by atoms with Gasteiger partial charge in [0.1, 0.15) is 5.75 Å². The van der Waals surface area contributed by atoms with Crippen LogP contribution >= 0.6 is 11.3 Å². The lowest BCUT2D eigenvalue weighted by molar-refractivity contribution is 0.475. The molecule has 0 saturated carbocycles. The van der Waals surface area contributed by atoms with Crippen molar-refractivity contribution in [3.05, 3.63) is 53.7 Å². The van der Waals surface area contributed by atoms with Gasteiger partial charge in [-0.2, -0.15) is 0 Å². The van der Waals surface area contributed by atoms with Gasteiger partial charge >= 0.3 is 0 Å². The number of phenolic OH excluding ortho intramolecular Hbond substituents is 1. The summed E-state index contributed by atoms with van der Waals surface area (Å²) < 4.78 is 28.5. The van der Waals surface area contributed by atoms with Crippen molar-refractivity contribution in [3.63, 3.8) is 0 Å². The predicted molar refractivity (Wildman–Crippen MR) is 119 cm³/mol. The van der Waals surface area contributed by atoms with E-state index in [1.807, 2.05) is 13.0 Å². The van der Waals surface area contributed by atoms with E-state index < -0.39 is 10.0 Å². The summed E-state index contributed by atoms with van der Waals surface area (Å²) in [6.07, 6.45) is 0. The summed E-state index contributed by atoms with van der Waals surface area (Å²) in [4.78, 5) is 5.73. The average Bonchev–Trinajstić information content (AvgIpc) is 3.03. The van der Waals surface area contributed by atoms with E-state index in [0.717, 1.165) is 27.8 Å². The molecule has 0 bridgehead atoms. The third-order valence-corrected chi connectivity index (χ3v) is 7.00. The quantitative estimate of drug-likeness (QED) is 0.458. The number of aromatic hydroxyl groups is 1. The Morgan fingerprint density at radius 1 is 1.10 bits per heavy atom. The topological polar surface area (TPSA) is 91.3 Å². The molecule has 1 aromatic heterocycles. The van der Waals surface area contributed by atoms with Gasteiger partial charge in [-0.1, -0.05) is 37.3 Å². The van der Waals surface area contributed by atoms with Crippen molar-refractivity contribution in [3.8, 4) is 16.2 Å². The molecule has 2 aromatic carbocycles. The molecule has 6 nitrogen and oxygen atoms in total. The van der Waals surface area contributed by atoms with Crippen molar-refractivity contribution in [1.82, 2.24) is 4.98 Å². The third kappa shape index (κ3) is 5.07. The second kappa shape index (κ2) is 8.42. The number of benzene rings is 2. The molecule has 0 amide bonds. The van der Waals surface area contributed by atoms with Crippen molar-refractivity contribution in [2.24, 2.45) is 5.92 Å². The molecule has 0 fully saturated rings. The van der Waals surface area contributed by atoms with Gasteiger partial charge in [0, 0.05) is 12.2 Å². The van der Waals surface area contributed by atoms with Crippen LogP contribution in [0.1, 0.15) is 25.1 Å². The molecule has 1 heterocycles. The van der Waals surface area contributed by atoms with Crippen LogP contribution in [-0.2, 0) is 10.0 Å². The molecule has 3 aromatic rings. The van der Waals surface area contributed by atoms with Crippen molar-refractivity contribution in [1.29, 1.82) is 0 Å². The van der Waals surface area contributed by atoms with Gasteiger partial charge in [0.2, 0.25) is 0 Å². The zero-order chi connectivity index (χ0) is 21.2. The van der Waals surface area contributed by atoms with Gasteiger partial charge in [-0.3, -0.25) is 4.72 Å². The third-order valence-electron chi connectivity index (χ3n) is 4.32. The summed E-state index contributed by atoms with van der Waals surface area (Å²) in [6.45, 7) is 8.79. The van der Waals surface area contributed by atoms with Crippen LogP contribution in [0.4, 0.5) is 10.8 Å². The van der Waals surface area contributed by atoms with Crippen LogP contribution in [0.2, 0.25) is 0 Å². The average molecular weight is 432 g/mol. The van der Waals surface area contributed by atoms with Gasteiger partial charge in [-0.25, -0.2) is 13.4 Å². The minimum Gasteiger partial charge on any atom is -0.508 e. The Kier molecular flexibility index (Phi) is 6.14. The molecule has 3 N–H and O–H groups in total. The SMILES string of the molecule is Cc1ccc(-c2sc(NCC(C)C)nc2C)cc1S(=O)(=O)Nc1ccc(O)cc1. The molecule has 0 aliphatic carbocycles. The van der Waals surface area contributed by atoms with Crippen molar-refractivity contribution in [2.45, 2.75) is 32.6 Å². The fraction of sp³-hybridized carbons (Fsp3) is 0.286. The highest BCUT2D eigenvalue weighted by Gasteiger charge is 2.19. The van der Waals surface area contributed by atoms with Gasteiger partial charge in [0.15, 0.2) is 5.13 Å². The van der Waals surface area contributed by atoms with E-state index in [-0.39, 0.29) is 10.6 Å². The number of nitrogens with zero attached hydrogens (tertiary/aromatic N) is 1. The van der Waals surface area contributed by atoms with E-state index >= 15 is 0 Å². The first kappa shape index (κ1) is 21.1. The highest BCUT2D eigenvalue weighted by molar-refractivity contribution is 7.92. The van der Waals surface area contributed by atoms with E-state index in [1.54, 1.807) is 19.1 Å². The Hall–Kier alpha value is -2.58. The summed E-state index contributed by atoms with van der Waals surface area (Å²) in [5.41, 5.74) is 2.72. The smallest absolute Gasteiger partial charge is 0.262 e. The Morgan fingerprint density at radius 2 is 1.79 bits per heavy atom. The van der Waals surface area contributed by atoms with E-state index in [4.69, 9.17) is 0 Å². The minimum atomic E-state index is -3.78. The summed E-state index contributed by atoms with van der Waals surface area (Å²) >= 11 is 1.52. The predicted octanol–water partition coefficient (Wildman–Crippen LogP) is 5.00. The second-order valence-electron chi connectivity index (χ2n) is 7.34. The molecular weight excluding hydrogens is 406 g/mol. The van der Waals surface area contributed by atoms with Gasteiger partial charge in [0.25, 0.3) is 10.0 Å². The monoisotopic (exact) mass is 431 g/mol. The zero-order valence-electron chi connectivity index (χ0n) is 16.9. The maximum atomic E-state index is 13.0. The Balaban J connectivity index is 1.93. The minimum absolute atomic E-state index is 0.0775. The maximum absolute atomic E-state index is 13.0. The van der Waals surface area contributed by atoms with Crippen LogP contribution < -0.4 is 10.0 Å². The molecule has 0 aliphatic rings. The number of aryl methyl sites for hydroxylation is 2. The highest BCUT2D eigenvalue weighted by Crippen LogP contribution is 2.35. The molecule has 154 valence electrons. The van der Waals surface area contributed by atoms with Crippen LogP contribution in [0, 0.1) is 19.8 Å². The number of hydrogen-bond acceptors (Lipinski definition) is 6. The lowest BCUT2D eigenvalue weighted by Gasteiger charge is -2.12. The first-order chi connectivity index (χ1) is 13.7. The number of nitrogens with one attached hydrogen (secondary N) is 2. The number of hydrogen-bond donors (Lipinski definition) is 3. The highest BCUT2D eigenvalue weighted by atomic mass is 32.2. The molecule has 0 unspecified atom stereocenters. The summed E-state index contributed by atoms with van der Waals surface area (Å²) in [5.74, 6) is 0.582. The maximum Gasteiger partial charge on any atom is 0.262 e. The standard InChI is InChI=1S/C21H25N3O3S2/c1-13(2)12-22-21-23-15(4)20(28-21)16-6-5-14(3)19(11-16)29(26,27)24-17-7-9-18(25)10-8-17/h5-11,13,24-25H,12H2,1-4H3,(H,22,23). The Bertz CT molecular complexity index is 1100. The largest absolute Gasteiger partial charge is 0.508 e. The summed E-state index contributed by atoms with van der Waals surface area (Å²) in [7, 11) is -3.78. The van der Waals surface area contributed by atoms with Crippen LogP contribution in [0.15, 0.2) is 47.4 Å². The van der Waals surface area contributed by atoms with Crippen LogP contribution in [0.25, 0.3) is 10.4 Å². The van der Waals surface area contributed by atoms with Gasteiger partial charge in [0.05, 0.1) is 15.5 Å². The van der Waals surface area contributed by atoms with Gasteiger partial charge < -0.3 is 10.4 Å². The van der Waals surface area contributed by atoms with Crippen molar-refractivity contribution in [2.75, 3.05) is 16.6 Å². The van der Waals surface area contributed by atoms with E-state index in [2.05, 4.69) is 28.9 Å².